The number of phosphoric ester groups is 1. The van der Waals surface area contributed by atoms with E-state index in [-0.39, 0.29) is 0 Å². The van der Waals surface area contributed by atoms with Crippen LogP contribution in [0.3, 0.4) is 0 Å². The summed E-state index contributed by atoms with van der Waals surface area (Å²) in [5.41, 5.74) is 0. The first-order valence-corrected chi connectivity index (χ1v) is 14.2. The molecule has 20 heteroatoms. The summed E-state index contributed by atoms with van der Waals surface area (Å²) < 4.78 is 37.0. The van der Waals surface area contributed by atoms with Gasteiger partial charge in [0.25, 0.3) is 0 Å². The van der Waals surface area contributed by atoms with Crippen LogP contribution in [0.15, 0.2) is 0 Å². The molecule has 0 saturated carbocycles. The lowest BCUT2D eigenvalue weighted by molar-refractivity contribution is -0.276. The summed E-state index contributed by atoms with van der Waals surface area (Å²) in [6.07, 6.45) is -17.2. The summed E-state index contributed by atoms with van der Waals surface area (Å²) in [7, 11) is -4.15. The third-order valence-electron chi connectivity index (χ3n) is 5.85. The number of carbonyl (C=O) groups is 3. The van der Waals surface area contributed by atoms with Crippen molar-refractivity contribution >= 4 is 25.6 Å². The maximum absolute atomic E-state index is 12.6. The molecule has 1 rings (SSSR count). The molecule has 1 aliphatic heterocycles. The summed E-state index contributed by atoms with van der Waals surface area (Å²) in [6.45, 7) is 2.24. The number of aliphatic hydroxyl groups is 6. The minimum Gasteiger partial charge on any atom is -0.462 e. The highest BCUT2D eigenvalue weighted by molar-refractivity contribution is 7.46. The second kappa shape index (κ2) is 17.5. The predicted molar refractivity (Wildman–Crippen MR) is 136 cm³/mol. The molecule has 11 atom stereocenters. The van der Waals surface area contributed by atoms with Crippen molar-refractivity contribution < 1.29 is 82.8 Å². The highest BCUT2D eigenvalue weighted by Crippen LogP contribution is 2.41. The van der Waals surface area contributed by atoms with Gasteiger partial charge in [0.1, 0.15) is 48.8 Å². The first-order chi connectivity index (χ1) is 19.4. The average Bonchev–Trinajstić information content (AvgIpc) is 2.85. The number of esters is 1. The van der Waals surface area contributed by atoms with Crippen molar-refractivity contribution in [1.29, 1.82) is 0 Å². The van der Waals surface area contributed by atoms with Crippen molar-refractivity contribution in [2.75, 3.05) is 20.3 Å². The van der Waals surface area contributed by atoms with Crippen LogP contribution in [0.4, 0.5) is 0 Å². The van der Waals surface area contributed by atoms with Gasteiger partial charge in [0, 0.05) is 14.0 Å². The number of carbonyl (C=O) groups excluding carboxylic acids is 3. The van der Waals surface area contributed by atoms with E-state index in [9.17, 15) is 59.4 Å². The molecular formula is C22H41N2O17P. The molecule has 0 aromatic carbocycles. The van der Waals surface area contributed by atoms with Gasteiger partial charge in [-0.15, -0.1) is 0 Å². The molecule has 42 heavy (non-hydrogen) atoms. The third-order valence-corrected chi connectivity index (χ3v) is 6.37. The standard InChI is InChI=1S/C22H41N2O17P/c1-9(26)5-14(28)24-21(33)19(32)17(30)13(37-4)8-38-22-16(23-15(29)6-10(2)39-11(3)27)18(31)20(12(7-25)40-22)41-42(34,35)36/h9-10,12-13,16-22,25-26,30-33H,5-8H2,1-4H3,(H,23,29)(H,24,28)(H2,34,35,36)/t9-,10?,12?,13?,16?,17?,18?,19?,20?,21?,22?/m1/s1. The van der Waals surface area contributed by atoms with E-state index < -0.39 is 119 Å². The summed E-state index contributed by atoms with van der Waals surface area (Å²) >= 11 is 0. The summed E-state index contributed by atoms with van der Waals surface area (Å²) in [5, 5.41) is 65.0. The molecule has 10 N–H and O–H groups in total. The first-order valence-electron chi connectivity index (χ1n) is 12.7. The van der Waals surface area contributed by atoms with E-state index in [1.54, 1.807) is 0 Å². The van der Waals surface area contributed by atoms with E-state index in [1.165, 1.54) is 13.8 Å². The van der Waals surface area contributed by atoms with E-state index in [0.717, 1.165) is 14.0 Å². The van der Waals surface area contributed by atoms with Gasteiger partial charge < -0.3 is 70.0 Å². The quantitative estimate of drug-likeness (QED) is 0.0407. The fourth-order valence-electron chi connectivity index (χ4n) is 3.96. The van der Waals surface area contributed by atoms with Crippen LogP contribution >= 0.6 is 7.82 Å². The Bertz CT molecular complexity index is 919. The molecule has 1 aliphatic rings. The number of amides is 2. The van der Waals surface area contributed by atoms with Crippen molar-refractivity contribution in [2.24, 2.45) is 0 Å². The van der Waals surface area contributed by atoms with Gasteiger partial charge in [0.15, 0.2) is 12.5 Å². The van der Waals surface area contributed by atoms with Crippen LogP contribution in [0.5, 0.6) is 0 Å². The van der Waals surface area contributed by atoms with Crippen molar-refractivity contribution in [2.45, 2.75) is 101 Å². The van der Waals surface area contributed by atoms with E-state index in [1.807, 2.05) is 5.32 Å². The zero-order valence-electron chi connectivity index (χ0n) is 23.4. The average molecular weight is 637 g/mol. The second-order valence-electron chi connectivity index (χ2n) is 9.65. The lowest BCUT2D eigenvalue weighted by Gasteiger charge is -2.44. The van der Waals surface area contributed by atoms with Crippen molar-refractivity contribution in [3.8, 4) is 0 Å². The molecule has 1 heterocycles. The van der Waals surface area contributed by atoms with E-state index in [2.05, 4.69) is 9.84 Å². The number of hydrogen-bond acceptors (Lipinski definition) is 15. The number of hydrogen-bond donors (Lipinski definition) is 10. The van der Waals surface area contributed by atoms with Crippen LogP contribution in [-0.4, -0.2) is 146 Å². The van der Waals surface area contributed by atoms with Crippen LogP contribution in [0.2, 0.25) is 0 Å². The molecule has 0 radical (unpaired) electrons. The van der Waals surface area contributed by atoms with Gasteiger partial charge in [-0.25, -0.2) is 4.57 Å². The molecular weight excluding hydrogens is 595 g/mol. The van der Waals surface area contributed by atoms with Crippen LogP contribution in [0, 0.1) is 0 Å². The molecule has 10 unspecified atom stereocenters. The Hall–Kier alpha value is -1.84. The highest BCUT2D eigenvalue weighted by Gasteiger charge is 2.49. The SMILES string of the molecule is COC(COC1OC(CO)C(OP(=O)(O)O)C(O)C1NC(=O)CC(C)OC(C)=O)C(O)C(O)C(O)NC(=O)C[C@@H](C)O. The largest absolute Gasteiger partial charge is 0.470 e. The molecule has 0 aliphatic carbocycles. The van der Waals surface area contributed by atoms with E-state index in [4.69, 9.17) is 18.9 Å². The number of nitrogens with one attached hydrogen (secondary N) is 2. The Kier molecular flexibility index (Phi) is 15.9. The van der Waals surface area contributed by atoms with Gasteiger partial charge in [0.05, 0.1) is 32.2 Å². The molecule has 1 saturated heterocycles. The topological polar surface area (TPSA) is 300 Å². The molecule has 0 aromatic heterocycles. The highest BCUT2D eigenvalue weighted by atomic mass is 31.2. The van der Waals surface area contributed by atoms with Crippen LogP contribution in [0.25, 0.3) is 0 Å². The lowest BCUT2D eigenvalue weighted by atomic mass is 9.96. The minimum atomic E-state index is -5.24. The first kappa shape index (κ1) is 38.2. The van der Waals surface area contributed by atoms with Gasteiger partial charge in [-0.2, -0.15) is 0 Å². The lowest BCUT2D eigenvalue weighted by Crippen LogP contribution is -2.65. The van der Waals surface area contributed by atoms with Crippen LogP contribution < -0.4 is 10.6 Å². The monoisotopic (exact) mass is 636 g/mol. The zero-order chi connectivity index (χ0) is 32.4. The maximum atomic E-state index is 12.6. The summed E-state index contributed by atoms with van der Waals surface area (Å²) in [5.74, 6) is -2.32. The number of ether oxygens (including phenoxy) is 4. The van der Waals surface area contributed by atoms with Gasteiger partial charge in [-0.05, 0) is 13.8 Å². The minimum absolute atomic E-state index is 0.399. The van der Waals surface area contributed by atoms with Crippen molar-refractivity contribution in [1.82, 2.24) is 10.6 Å². The van der Waals surface area contributed by atoms with Gasteiger partial charge >= 0.3 is 13.8 Å². The normalized spacial score (nSPS) is 27.2. The molecule has 0 bridgehead atoms. The number of aliphatic hydroxyl groups excluding tert-OH is 6. The smallest absolute Gasteiger partial charge is 0.462 e. The van der Waals surface area contributed by atoms with Crippen molar-refractivity contribution in [3.63, 3.8) is 0 Å². The molecule has 19 nitrogen and oxygen atoms in total. The van der Waals surface area contributed by atoms with Crippen molar-refractivity contribution in [3.05, 3.63) is 0 Å². The van der Waals surface area contributed by atoms with Gasteiger partial charge in [0.2, 0.25) is 11.8 Å². The Morgan fingerprint density at radius 1 is 1.02 bits per heavy atom. The van der Waals surface area contributed by atoms with E-state index >= 15 is 0 Å². The molecule has 246 valence electrons. The second-order valence-corrected chi connectivity index (χ2v) is 10.8. The molecule has 0 spiro atoms. The Morgan fingerprint density at radius 2 is 1.64 bits per heavy atom. The molecule has 1 fully saturated rings. The Balaban J connectivity index is 3.09. The number of rotatable bonds is 17. The predicted octanol–water partition coefficient (Wildman–Crippen LogP) is -4.67. The number of phosphoric acid groups is 1. The molecule has 2 amide bonds. The van der Waals surface area contributed by atoms with Gasteiger partial charge in [-0.3, -0.25) is 18.9 Å². The molecule has 0 aromatic rings. The zero-order valence-corrected chi connectivity index (χ0v) is 24.3. The van der Waals surface area contributed by atoms with Gasteiger partial charge in [-0.1, -0.05) is 0 Å². The maximum Gasteiger partial charge on any atom is 0.470 e. The van der Waals surface area contributed by atoms with Crippen LogP contribution in [-0.2, 0) is 42.4 Å². The fourth-order valence-corrected chi connectivity index (χ4v) is 4.54. The van der Waals surface area contributed by atoms with Crippen LogP contribution in [0.1, 0.15) is 33.6 Å². The van der Waals surface area contributed by atoms with E-state index in [0.29, 0.717) is 0 Å². The Labute approximate surface area is 240 Å². The summed E-state index contributed by atoms with van der Waals surface area (Å²) in [4.78, 5) is 54.0. The third kappa shape index (κ3) is 12.8. The Morgan fingerprint density at radius 3 is 2.14 bits per heavy atom. The fraction of sp³-hybridized carbons (Fsp3) is 0.864. The number of methoxy groups -OCH3 is 1. The summed E-state index contributed by atoms with van der Waals surface area (Å²) in [6, 6.07) is -1.62.